The first-order chi connectivity index (χ1) is 13.8. The lowest BCUT2D eigenvalue weighted by atomic mass is 10.1. The molecule has 0 unspecified atom stereocenters. The molecule has 138 valence electrons. The van der Waals surface area contributed by atoms with E-state index in [9.17, 15) is 4.79 Å². The molecule has 2 aromatic heterocycles. The van der Waals surface area contributed by atoms with E-state index in [-0.39, 0.29) is 5.91 Å². The van der Waals surface area contributed by atoms with Crippen molar-refractivity contribution in [3.05, 3.63) is 103 Å². The minimum Gasteiger partial charge on any atom is -0.352 e. The molecule has 4 rings (SSSR count). The van der Waals surface area contributed by atoms with Crippen LogP contribution in [0.5, 0.6) is 0 Å². The first kappa shape index (κ1) is 17.7. The molecule has 2 aromatic carbocycles. The van der Waals surface area contributed by atoms with Crippen molar-refractivity contribution < 1.29 is 4.79 Å². The Morgan fingerprint density at radius 2 is 1.75 bits per heavy atom. The van der Waals surface area contributed by atoms with Crippen LogP contribution in [-0.2, 0) is 6.42 Å². The molecule has 0 aliphatic heterocycles. The number of benzene rings is 2. The zero-order valence-corrected chi connectivity index (χ0v) is 15.3. The van der Waals surface area contributed by atoms with Gasteiger partial charge >= 0.3 is 0 Å². The summed E-state index contributed by atoms with van der Waals surface area (Å²) in [6, 6.07) is 25.3. The number of carbonyl (C=O) groups excluding carboxylic acids is 1. The van der Waals surface area contributed by atoms with Gasteiger partial charge in [0.25, 0.3) is 5.91 Å². The van der Waals surface area contributed by atoms with E-state index in [4.69, 9.17) is 0 Å². The fraction of sp³-hybridized carbons (Fsp3) is 0.0870. The maximum absolute atomic E-state index is 12.6. The summed E-state index contributed by atoms with van der Waals surface area (Å²) in [7, 11) is 0. The molecule has 0 aliphatic rings. The summed E-state index contributed by atoms with van der Waals surface area (Å²) < 4.78 is 1.85. The van der Waals surface area contributed by atoms with E-state index in [0.717, 1.165) is 22.6 Å². The number of hydrogen-bond donors (Lipinski definition) is 1. The largest absolute Gasteiger partial charge is 0.352 e. The lowest BCUT2D eigenvalue weighted by molar-refractivity contribution is 0.0954. The van der Waals surface area contributed by atoms with Crippen LogP contribution in [0.25, 0.3) is 16.9 Å². The highest BCUT2D eigenvalue weighted by atomic mass is 16.1. The fourth-order valence-corrected chi connectivity index (χ4v) is 3.07. The predicted molar refractivity (Wildman–Crippen MR) is 109 cm³/mol. The van der Waals surface area contributed by atoms with Crippen LogP contribution in [-0.4, -0.2) is 27.2 Å². The van der Waals surface area contributed by atoms with Crippen LogP contribution >= 0.6 is 0 Å². The molecule has 1 amide bonds. The number of amides is 1. The summed E-state index contributed by atoms with van der Waals surface area (Å²) in [6.45, 7) is 0.539. The molecule has 0 bridgehead atoms. The van der Waals surface area contributed by atoms with E-state index in [2.05, 4.69) is 15.4 Å². The van der Waals surface area contributed by atoms with Crippen LogP contribution in [0.1, 0.15) is 16.1 Å². The molecule has 5 heteroatoms. The Morgan fingerprint density at radius 3 is 2.57 bits per heavy atom. The van der Waals surface area contributed by atoms with E-state index >= 15 is 0 Å². The van der Waals surface area contributed by atoms with E-state index in [1.165, 1.54) is 0 Å². The van der Waals surface area contributed by atoms with Gasteiger partial charge in [-0.25, -0.2) is 4.68 Å². The van der Waals surface area contributed by atoms with Crippen molar-refractivity contribution in [3.8, 4) is 16.9 Å². The van der Waals surface area contributed by atoms with Gasteiger partial charge < -0.3 is 5.32 Å². The van der Waals surface area contributed by atoms with Crippen LogP contribution in [0, 0.1) is 0 Å². The smallest absolute Gasteiger partial charge is 0.251 e. The Hall–Kier alpha value is -3.73. The Balaban J connectivity index is 1.49. The van der Waals surface area contributed by atoms with Gasteiger partial charge in [-0.3, -0.25) is 9.78 Å². The molecule has 0 saturated heterocycles. The highest BCUT2D eigenvalue weighted by Gasteiger charge is 2.10. The van der Waals surface area contributed by atoms with Gasteiger partial charge in [-0.1, -0.05) is 42.5 Å². The molecule has 5 nitrogen and oxygen atoms in total. The van der Waals surface area contributed by atoms with Crippen LogP contribution in [0.4, 0.5) is 0 Å². The number of pyridine rings is 1. The average Bonchev–Trinajstić information content (AvgIpc) is 3.25. The fourth-order valence-electron chi connectivity index (χ4n) is 3.07. The second-order valence-corrected chi connectivity index (χ2v) is 6.37. The van der Waals surface area contributed by atoms with Gasteiger partial charge in [-0.15, -0.1) is 0 Å². The molecule has 0 fully saturated rings. The third-order valence-corrected chi connectivity index (χ3v) is 4.46. The number of hydrogen-bond acceptors (Lipinski definition) is 3. The summed E-state index contributed by atoms with van der Waals surface area (Å²) >= 11 is 0. The molecule has 0 atom stereocenters. The lowest BCUT2D eigenvalue weighted by Gasteiger charge is -2.10. The second-order valence-electron chi connectivity index (χ2n) is 6.37. The lowest BCUT2D eigenvalue weighted by Crippen LogP contribution is -2.26. The summed E-state index contributed by atoms with van der Waals surface area (Å²) in [4.78, 5) is 16.8. The van der Waals surface area contributed by atoms with Crippen LogP contribution < -0.4 is 5.32 Å². The standard InChI is InChI=1S/C23H20N4O/c28-23(25-15-12-20-10-4-5-14-24-20)19-9-6-11-21(17-19)27-22(13-16-26-27)18-7-2-1-3-8-18/h1-11,13-14,16-17H,12,15H2,(H,25,28). The number of rotatable bonds is 6. The molecule has 2 heterocycles. The summed E-state index contributed by atoms with van der Waals surface area (Å²) in [5.74, 6) is -0.105. The van der Waals surface area contributed by atoms with Crippen molar-refractivity contribution >= 4 is 5.91 Å². The molecular weight excluding hydrogens is 348 g/mol. The van der Waals surface area contributed by atoms with E-state index < -0.39 is 0 Å². The number of carbonyl (C=O) groups is 1. The van der Waals surface area contributed by atoms with Crippen LogP contribution in [0.3, 0.4) is 0 Å². The summed E-state index contributed by atoms with van der Waals surface area (Å²) in [5.41, 5.74) is 4.47. The predicted octanol–water partition coefficient (Wildman–Crippen LogP) is 3.91. The summed E-state index contributed by atoms with van der Waals surface area (Å²) in [5, 5.41) is 7.40. The van der Waals surface area contributed by atoms with Gasteiger partial charge in [0, 0.05) is 36.0 Å². The van der Waals surface area contributed by atoms with Gasteiger partial charge in [0.1, 0.15) is 0 Å². The van der Waals surface area contributed by atoms with Gasteiger partial charge in [0.15, 0.2) is 0 Å². The summed E-state index contributed by atoms with van der Waals surface area (Å²) in [6.07, 6.45) is 4.22. The van der Waals surface area contributed by atoms with Crippen molar-refractivity contribution in [2.75, 3.05) is 6.54 Å². The minimum atomic E-state index is -0.105. The normalized spacial score (nSPS) is 10.6. The zero-order valence-electron chi connectivity index (χ0n) is 15.3. The molecule has 1 N–H and O–H groups in total. The van der Waals surface area contributed by atoms with E-state index in [1.807, 2.05) is 83.5 Å². The number of nitrogens with one attached hydrogen (secondary N) is 1. The molecule has 0 spiro atoms. The third kappa shape index (κ3) is 3.99. The zero-order chi connectivity index (χ0) is 19.2. The molecular formula is C23H20N4O. The van der Waals surface area contributed by atoms with Crippen molar-refractivity contribution in [1.82, 2.24) is 20.1 Å². The topological polar surface area (TPSA) is 59.8 Å². The Morgan fingerprint density at radius 1 is 0.893 bits per heavy atom. The number of nitrogens with zero attached hydrogens (tertiary/aromatic N) is 3. The van der Waals surface area contributed by atoms with Crippen molar-refractivity contribution in [2.24, 2.45) is 0 Å². The van der Waals surface area contributed by atoms with Crippen LogP contribution in [0.2, 0.25) is 0 Å². The highest BCUT2D eigenvalue weighted by molar-refractivity contribution is 5.94. The average molecular weight is 368 g/mol. The maximum Gasteiger partial charge on any atom is 0.251 e. The van der Waals surface area contributed by atoms with Gasteiger partial charge in [0.2, 0.25) is 0 Å². The quantitative estimate of drug-likeness (QED) is 0.561. The minimum absolute atomic E-state index is 0.105. The Bertz CT molecular complexity index is 1060. The van der Waals surface area contributed by atoms with E-state index in [0.29, 0.717) is 18.5 Å². The first-order valence-corrected chi connectivity index (χ1v) is 9.19. The van der Waals surface area contributed by atoms with Crippen molar-refractivity contribution in [3.63, 3.8) is 0 Å². The Kier molecular flexibility index (Phi) is 5.24. The van der Waals surface area contributed by atoms with Gasteiger partial charge in [-0.05, 0) is 36.4 Å². The van der Waals surface area contributed by atoms with Crippen molar-refractivity contribution in [1.29, 1.82) is 0 Å². The Labute approximate surface area is 163 Å². The first-order valence-electron chi connectivity index (χ1n) is 9.19. The highest BCUT2D eigenvalue weighted by Crippen LogP contribution is 2.22. The third-order valence-electron chi connectivity index (χ3n) is 4.46. The maximum atomic E-state index is 12.6. The van der Waals surface area contributed by atoms with Crippen molar-refractivity contribution in [2.45, 2.75) is 6.42 Å². The van der Waals surface area contributed by atoms with Gasteiger partial charge in [-0.2, -0.15) is 5.10 Å². The monoisotopic (exact) mass is 368 g/mol. The SMILES string of the molecule is O=C(NCCc1ccccn1)c1cccc(-n2nccc2-c2ccccc2)c1. The van der Waals surface area contributed by atoms with E-state index in [1.54, 1.807) is 12.4 Å². The second kappa shape index (κ2) is 8.31. The number of aromatic nitrogens is 3. The molecule has 0 aliphatic carbocycles. The molecule has 0 radical (unpaired) electrons. The molecule has 4 aromatic rings. The van der Waals surface area contributed by atoms with Gasteiger partial charge in [0.05, 0.1) is 17.6 Å². The molecule has 28 heavy (non-hydrogen) atoms. The molecule has 0 saturated carbocycles. The van der Waals surface area contributed by atoms with Crippen LogP contribution in [0.15, 0.2) is 91.3 Å².